The Bertz CT molecular complexity index is 648. The van der Waals surface area contributed by atoms with Crippen LogP contribution in [-0.4, -0.2) is 18.5 Å². The van der Waals surface area contributed by atoms with E-state index in [4.69, 9.17) is 0 Å². The Morgan fingerprint density at radius 2 is 1.90 bits per heavy atom. The normalized spacial score (nSPS) is 18.4. The van der Waals surface area contributed by atoms with E-state index >= 15 is 0 Å². The summed E-state index contributed by atoms with van der Waals surface area (Å²) in [5, 5.41) is 8.81. The van der Waals surface area contributed by atoms with E-state index < -0.39 is 0 Å². The van der Waals surface area contributed by atoms with Crippen LogP contribution in [0.2, 0.25) is 0 Å². The standard InChI is InChI=1S/C17H20N2O/c1-11(2)7-14-10-18-16-9-13-6-4-3-5-12(13)8-15(16)17(20)19-14/h3-6,8-9,11,14,18H,7,10H2,1-2H3,(H,19,20). The van der Waals surface area contributed by atoms with Crippen molar-refractivity contribution in [2.24, 2.45) is 5.92 Å². The molecule has 1 amide bonds. The summed E-state index contributed by atoms with van der Waals surface area (Å²) in [6.07, 6.45) is 0.992. The molecular formula is C17H20N2O. The smallest absolute Gasteiger partial charge is 0.253 e. The first kappa shape index (κ1) is 13.0. The molecule has 0 bridgehead atoms. The van der Waals surface area contributed by atoms with E-state index in [0.717, 1.165) is 35.0 Å². The summed E-state index contributed by atoms with van der Waals surface area (Å²) in [6.45, 7) is 5.15. The van der Waals surface area contributed by atoms with Crippen LogP contribution in [0.3, 0.4) is 0 Å². The molecule has 0 aromatic heterocycles. The van der Waals surface area contributed by atoms with Gasteiger partial charge >= 0.3 is 0 Å². The van der Waals surface area contributed by atoms with Crippen molar-refractivity contribution in [3.63, 3.8) is 0 Å². The molecule has 1 aliphatic heterocycles. The number of anilines is 1. The average Bonchev–Trinajstić information content (AvgIpc) is 2.56. The van der Waals surface area contributed by atoms with Gasteiger partial charge in [-0.2, -0.15) is 0 Å². The van der Waals surface area contributed by atoms with Gasteiger partial charge in [-0.1, -0.05) is 38.1 Å². The Kier molecular flexibility index (Phi) is 3.35. The van der Waals surface area contributed by atoms with Crippen molar-refractivity contribution in [1.29, 1.82) is 0 Å². The van der Waals surface area contributed by atoms with E-state index in [1.165, 1.54) is 0 Å². The number of carbonyl (C=O) groups excluding carboxylic acids is 1. The molecule has 2 aromatic carbocycles. The monoisotopic (exact) mass is 268 g/mol. The summed E-state index contributed by atoms with van der Waals surface area (Å²) in [7, 11) is 0. The Morgan fingerprint density at radius 3 is 2.60 bits per heavy atom. The molecular weight excluding hydrogens is 248 g/mol. The molecule has 1 unspecified atom stereocenters. The summed E-state index contributed by atoms with van der Waals surface area (Å²) < 4.78 is 0. The second-order valence-corrected chi connectivity index (χ2v) is 5.93. The van der Waals surface area contributed by atoms with Crippen LogP contribution in [0.25, 0.3) is 10.8 Å². The van der Waals surface area contributed by atoms with Crippen LogP contribution in [0.1, 0.15) is 30.6 Å². The van der Waals surface area contributed by atoms with Crippen LogP contribution < -0.4 is 10.6 Å². The van der Waals surface area contributed by atoms with Crippen molar-refractivity contribution >= 4 is 22.4 Å². The summed E-state index contributed by atoms with van der Waals surface area (Å²) >= 11 is 0. The van der Waals surface area contributed by atoms with Crippen molar-refractivity contribution < 1.29 is 4.79 Å². The lowest BCUT2D eigenvalue weighted by Gasteiger charge is -2.17. The van der Waals surface area contributed by atoms with Crippen molar-refractivity contribution in [2.75, 3.05) is 11.9 Å². The minimum atomic E-state index is 0.0291. The van der Waals surface area contributed by atoms with Crippen LogP contribution in [0.4, 0.5) is 5.69 Å². The van der Waals surface area contributed by atoms with Crippen LogP contribution in [0, 0.1) is 5.92 Å². The maximum atomic E-state index is 12.4. The lowest BCUT2D eigenvalue weighted by Crippen LogP contribution is -2.37. The highest BCUT2D eigenvalue weighted by Crippen LogP contribution is 2.26. The number of hydrogen-bond acceptors (Lipinski definition) is 2. The van der Waals surface area contributed by atoms with Gasteiger partial charge in [0.1, 0.15) is 0 Å². The molecule has 0 saturated carbocycles. The minimum Gasteiger partial charge on any atom is -0.382 e. The van der Waals surface area contributed by atoms with Gasteiger partial charge in [0.25, 0.3) is 5.91 Å². The van der Waals surface area contributed by atoms with Crippen LogP contribution in [-0.2, 0) is 0 Å². The van der Waals surface area contributed by atoms with Gasteiger partial charge in [-0.05, 0) is 35.2 Å². The van der Waals surface area contributed by atoms with E-state index in [1.54, 1.807) is 0 Å². The Balaban J connectivity index is 1.97. The third-order valence-corrected chi connectivity index (χ3v) is 3.76. The summed E-state index contributed by atoms with van der Waals surface area (Å²) in [4.78, 5) is 12.4. The SMILES string of the molecule is CC(C)CC1CNc2cc3ccccc3cc2C(=O)N1. The van der Waals surface area contributed by atoms with Crippen LogP contribution in [0.5, 0.6) is 0 Å². The molecule has 0 saturated heterocycles. The molecule has 20 heavy (non-hydrogen) atoms. The van der Waals surface area contributed by atoms with Crippen LogP contribution >= 0.6 is 0 Å². The molecule has 1 heterocycles. The highest BCUT2D eigenvalue weighted by Gasteiger charge is 2.22. The fourth-order valence-electron chi connectivity index (χ4n) is 2.83. The first-order chi connectivity index (χ1) is 9.63. The third kappa shape index (κ3) is 2.48. The van der Waals surface area contributed by atoms with E-state index in [2.05, 4.69) is 36.6 Å². The number of benzene rings is 2. The van der Waals surface area contributed by atoms with Gasteiger partial charge in [0.15, 0.2) is 0 Å². The van der Waals surface area contributed by atoms with E-state index in [0.29, 0.717) is 5.92 Å². The van der Waals surface area contributed by atoms with Gasteiger partial charge in [-0.3, -0.25) is 4.79 Å². The topological polar surface area (TPSA) is 41.1 Å². The number of amides is 1. The predicted molar refractivity (Wildman–Crippen MR) is 83.1 cm³/mol. The van der Waals surface area contributed by atoms with Gasteiger partial charge in [0.05, 0.1) is 5.56 Å². The molecule has 0 aliphatic carbocycles. The first-order valence-corrected chi connectivity index (χ1v) is 7.21. The third-order valence-electron chi connectivity index (χ3n) is 3.76. The Morgan fingerprint density at radius 1 is 1.20 bits per heavy atom. The Hall–Kier alpha value is -2.03. The zero-order chi connectivity index (χ0) is 14.1. The van der Waals surface area contributed by atoms with Gasteiger partial charge in [-0.15, -0.1) is 0 Å². The molecule has 1 aliphatic rings. The number of hydrogen-bond donors (Lipinski definition) is 2. The minimum absolute atomic E-state index is 0.0291. The quantitative estimate of drug-likeness (QED) is 0.876. The number of rotatable bonds is 2. The molecule has 0 spiro atoms. The average molecular weight is 268 g/mol. The lowest BCUT2D eigenvalue weighted by atomic mass is 10.0. The highest BCUT2D eigenvalue weighted by atomic mass is 16.1. The van der Waals surface area contributed by atoms with E-state index in [-0.39, 0.29) is 11.9 Å². The van der Waals surface area contributed by atoms with Gasteiger partial charge in [0, 0.05) is 18.3 Å². The Labute approximate surface area is 119 Å². The molecule has 0 radical (unpaired) electrons. The number of fused-ring (bicyclic) bond motifs is 2. The highest BCUT2D eigenvalue weighted by molar-refractivity contribution is 6.05. The summed E-state index contributed by atoms with van der Waals surface area (Å²) in [6, 6.07) is 12.4. The molecule has 3 nitrogen and oxygen atoms in total. The van der Waals surface area contributed by atoms with Crippen LogP contribution in [0.15, 0.2) is 36.4 Å². The zero-order valence-electron chi connectivity index (χ0n) is 11.9. The lowest BCUT2D eigenvalue weighted by molar-refractivity contribution is 0.0938. The first-order valence-electron chi connectivity index (χ1n) is 7.21. The zero-order valence-corrected chi connectivity index (χ0v) is 11.9. The molecule has 2 N–H and O–H groups in total. The molecule has 3 rings (SSSR count). The van der Waals surface area contributed by atoms with Gasteiger partial charge in [-0.25, -0.2) is 0 Å². The van der Waals surface area contributed by atoms with Gasteiger partial charge in [0.2, 0.25) is 0 Å². The number of carbonyl (C=O) groups is 1. The second kappa shape index (κ2) is 5.16. The van der Waals surface area contributed by atoms with Crippen molar-refractivity contribution in [3.8, 4) is 0 Å². The van der Waals surface area contributed by atoms with Crippen molar-refractivity contribution in [2.45, 2.75) is 26.3 Å². The van der Waals surface area contributed by atoms with Crippen molar-refractivity contribution in [1.82, 2.24) is 5.32 Å². The predicted octanol–water partition coefficient (Wildman–Crippen LogP) is 3.41. The largest absolute Gasteiger partial charge is 0.382 e. The fourth-order valence-corrected chi connectivity index (χ4v) is 2.83. The van der Waals surface area contributed by atoms with Crippen molar-refractivity contribution in [3.05, 3.63) is 42.0 Å². The molecule has 3 heteroatoms. The molecule has 104 valence electrons. The van der Waals surface area contributed by atoms with E-state index in [1.807, 2.05) is 24.3 Å². The van der Waals surface area contributed by atoms with E-state index in [9.17, 15) is 4.79 Å². The second-order valence-electron chi connectivity index (χ2n) is 5.93. The fraction of sp³-hybridized carbons (Fsp3) is 0.353. The number of nitrogens with one attached hydrogen (secondary N) is 2. The maximum Gasteiger partial charge on any atom is 0.253 e. The van der Waals surface area contributed by atoms with Gasteiger partial charge < -0.3 is 10.6 Å². The molecule has 2 aromatic rings. The maximum absolute atomic E-state index is 12.4. The summed E-state index contributed by atoms with van der Waals surface area (Å²) in [5.74, 6) is 0.601. The molecule has 0 fully saturated rings. The molecule has 1 atom stereocenters. The summed E-state index contributed by atoms with van der Waals surface area (Å²) in [5.41, 5.74) is 1.68.